The third-order valence-electron chi connectivity index (χ3n) is 2.86. The molecule has 1 aliphatic heterocycles. The highest BCUT2D eigenvalue weighted by Gasteiger charge is 2.40. The Balaban J connectivity index is 2.67. The molecule has 3 atom stereocenters. The van der Waals surface area contributed by atoms with Crippen molar-refractivity contribution in [3.63, 3.8) is 0 Å². The van der Waals surface area contributed by atoms with Gasteiger partial charge in [-0.15, -0.1) is 0 Å². The average molecular weight is 183 g/mol. The lowest BCUT2D eigenvalue weighted by atomic mass is 9.83. The maximum absolute atomic E-state index is 11.4. The Bertz CT molecular complexity index is 225. The van der Waals surface area contributed by atoms with Crippen molar-refractivity contribution in [2.24, 2.45) is 17.8 Å². The largest absolute Gasteiger partial charge is 0.296 e. The minimum Gasteiger partial charge on any atom is -0.296 e. The Morgan fingerprint density at radius 2 is 2.00 bits per heavy atom. The molecule has 1 rings (SSSR count). The van der Waals surface area contributed by atoms with E-state index < -0.39 is 0 Å². The zero-order valence-electron chi connectivity index (χ0n) is 8.46. The van der Waals surface area contributed by atoms with Gasteiger partial charge in [0.1, 0.15) is 0 Å². The van der Waals surface area contributed by atoms with Crippen LogP contribution in [0.4, 0.5) is 0 Å². The van der Waals surface area contributed by atoms with Gasteiger partial charge in [0.2, 0.25) is 11.8 Å². The fourth-order valence-electron chi connectivity index (χ4n) is 2.09. The summed E-state index contributed by atoms with van der Waals surface area (Å²) < 4.78 is 0. The van der Waals surface area contributed by atoms with Crippen LogP contribution < -0.4 is 5.32 Å². The number of nitrogens with one attached hydrogen (secondary N) is 1. The zero-order valence-corrected chi connectivity index (χ0v) is 8.46. The minimum atomic E-state index is -0.144. The molecular weight excluding hydrogens is 166 g/mol. The molecule has 0 aromatic heterocycles. The van der Waals surface area contributed by atoms with Crippen LogP contribution in [0.2, 0.25) is 0 Å². The van der Waals surface area contributed by atoms with Gasteiger partial charge in [0.15, 0.2) is 0 Å². The highest BCUT2D eigenvalue weighted by Crippen LogP contribution is 2.29. The average Bonchev–Trinajstić information content (AvgIpc) is 2.27. The summed E-state index contributed by atoms with van der Waals surface area (Å²) in [7, 11) is 0. The number of rotatable bonds is 3. The molecule has 0 spiro atoms. The third kappa shape index (κ3) is 1.90. The maximum atomic E-state index is 11.4. The summed E-state index contributed by atoms with van der Waals surface area (Å²) in [5.74, 6) is -0.135. The van der Waals surface area contributed by atoms with Crippen molar-refractivity contribution >= 4 is 11.8 Å². The Kier molecular flexibility index (Phi) is 3.07. The molecule has 0 radical (unpaired) electrons. The summed E-state index contributed by atoms with van der Waals surface area (Å²) in [6.45, 7) is 5.97. The van der Waals surface area contributed by atoms with Crippen LogP contribution in [-0.4, -0.2) is 11.8 Å². The van der Waals surface area contributed by atoms with Crippen molar-refractivity contribution < 1.29 is 9.59 Å². The van der Waals surface area contributed by atoms with Gasteiger partial charge in [-0.1, -0.05) is 33.6 Å². The molecule has 2 amide bonds. The number of imide groups is 1. The minimum absolute atomic E-state index is 0.0848. The van der Waals surface area contributed by atoms with Crippen LogP contribution in [0, 0.1) is 17.8 Å². The smallest absolute Gasteiger partial charge is 0.230 e. The SMILES string of the molecule is CCCC(C)C1C(=O)NC(=O)C1C. The lowest BCUT2D eigenvalue weighted by molar-refractivity contribution is -0.126. The van der Waals surface area contributed by atoms with Crippen LogP contribution in [0.3, 0.4) is 0 Å². The van der Waals surface area contributed by atoms with Gasteiger partial charge in [-0.25, -0.2) is 0 Å². The molecular formula is C10H17NO2. The van der Waals surface area contributed by atoms with Gasteiger partial charge in [0.05, 0.1) is 5.92 Å². The second-order valence-corrected chi connectivity index (χ2v) is 3.93. The number of amides is 2. The van der Waals surface area contributed by atoms with Gasteiger partial charge < -0.3 is 0 Å². The third-order valence-corrected chi connectivity index (χ3v) is 2.86. The van der Waals surface area contributed by atoms with Crippen LogP contribution in [-0.2, 0) is 9.59 Å². The van der Waals surface area contributed by atoms with Crippen molar-refractivity contribution in [2.45, 2.75) is 33.6 Å². The van der Waals surface area contributed by atoms with Gasteiger partial charge in [-0.3, -0.25) is 14.9 Å². The van der Waals surface area contributed by atoms with Crippen LogP contribution in [0.15, 0.2) is 0 Å². The Hall–Kier alpha value is -0.860. The van der Waals surface area contributed by atoms with Gasteiger partial charge in [-0.05, 0) is 5.92 Å². The van der Waals surface area contributed by atoms with E-state index in [4.69, 9.17) is 0 Å². The number of carbonyl (C=O) groups is 2. The summed E-state index contributed by atoms with van der Waals surface area (Å²) in [6.07, 6.45) is 2.07. The molecule has 1 heterocycles. The number of hydrogen-bond acceptors (Lipinski definition) is 2. The number of hydrogen-bond donors (Lipinski definition) is 1. The van der Waals surface area contributed by atoms with E-state index in [0.29, 0.717) is 5.92 Å². The molecule has 0 aromatic carbocycles. The molecule has 1 aliphatic rings. The van der Waals surface area contributed by atoms with Crippen molar-refractivity contribution in [3.05, 3.63) is 0 Å². The van der Waals surface area contributed by atoms with Crippen molar-refractivity contribution in [1.29, 1.82) is 0 Å². The van der Waals surface area contributed by atoms with E-state index in [0.717, 1.165) is 12.8 Å². The Labute approximate surface area is 78.9 Å². The lowest BCUT2D eigenvalue weighted by Crippen LogP contribution is -2.25. The quantitative estimate of drug-likeness (QED) is 0.671. The van der Waals surface area contributed by atoms with Crippen LogP contribution in [0.1, 0.15) is 33.6 Å². The summed E-state index contributed by atoms with van der Waals surface area (Å²) in [5, 5.41) is 2.38. The van der Waals surface area contributed by atoms with Crippen molar-refractivity contribution in [3.8, 4) is 0 Å². The van der Waals surface area contributed by atoms with E-state index in [9.17, 15) is 9.59 Å². The fourth-order valence-corrected chi connectivity index (χ4v) is 2.09. The van der Waals surface area contributed by atoms with E-state index in [2.05, 4.69) is 12.2 Å². The van der Waals surface area contributed by atoms with Gasteiger partial charge in [0, 0.05) is 5.92 Å². The van der Waals surface area contributed by atoms with E-state index in [1.807, 2.05) is 13.8 Å². The first-order valence-electron chi connectivity index (χ1n) is 4.92. The second kappa shape index (κ2) is 3.90. The first-order chi connectivity index (χ1) is 6.07. The molecule has 13 heavy (non-hydrogen) atoms. The van der Waals surface area contributed by atoms with Crippen LogP contribution in [0.5, 0.6) is 0 Å². The summed E-state index contributed by atoms with van der Waals surface area (Å²) in [6, 6.07) is 0. The van der Waals surface area contributed by atoms with E-state index >= 15 is 0 Å². The predicted octanol–water partition coefficient (Wildman–Crippen LogP) is 1.33. The van der Waals surface area contributed by atoms with E-state index in [1.54, 1.807) is 0 Å². The maximum Gasteiger partial charge on any atom is 0.230 e. The van der Waals surface area contributed by atoms with Crippen LogP contribution in [0.25, 0.3) is 0 Å². The van der Waals surface area contributed by atoms with E-state index in [-0.39, 0.29) is 23.7 Å². The molecule has 1 saturated heterocycles. The normalized spacial score (nSPS) is 30.4. The molecule has 1 N–H and O–H groups in total. The van der Waals surface area contributed by atoms with Crippen molar-refractivity contribution in [1.82, 2.24) is 5.32 Å². The highest BCUT2D eigenvalue weighted by atomic mass is 16.2. The van der Waals surface area contributed by atoms with Gasteiger partial charge in [-0.2, -0.15) is 0 Å². The van der Waals surface area contributed by atoms with Gasteiger partial charge >= 0.3 is 0 Å². The molecule has 3 unspecified atom stereocenters. The molecule has 0 saturated carbocycles. The first kappa shape index (κ1) is 10.2. The molecule has 0 aromatic rings. The second-order valence-electron chi connectivity index (χ2n) is 3.93. The Morgan fingerprint density at radius 1 is 1.38 bits per heavy atom. The zero-order chi connectivity index (χ0) is 10.0. The molecule has 0 aliphatic carbocycles. The van der Waals surface area contributed by atoms with Gasteiger partial charge in [0.25, 0.3) is 0 Å². The molecule has 74 valence electrons. The molecule has 3 nitrogen and oxygen atoms in total. The van der Waals surface area contributed by atoms with Crippen LogP contribution >= 0.6 is 0 Å². The first-order valence-corrected chi connectivity index (χ1v) is 4.92. The molecule has 3 heteroatoms. The topological polar surface area (TPSA) is 46.2 Å². The summed E-state index contributed by atoms with van der Waals surface area (Å²) in [5.41, 5.74) is 0. The Morgan fingerprint density at radius 3 is 2.38 bits per heavy atom. The monoisotopic (exact) mass is 183 g/mol. The summed E-state index contributed by atoms with van der Waals surface area (Å²) >= 11 is 0. The molecule has 0 bridgehead atoms. The standard InChI is InChI=1S/C10H17NO2/c1-4-5-6(2)8-7(3)9(12)11-10(8)13/h6-8H,4-5H2,1-3H3,(H,11,12,13). The fraction of sp³-hybridized carbons (Fsp3) is 0.800. The van der Waals surface area contributed by atoms with Crippen molar-refractivity contribution in [2.75, 3.05) is 0 Å². The van der Waals surface area contributed by atoms with E-state index in [1.165, 1.54) is 0 Å². The number of carbonyl (C=O) groups excluding carboxylic acids is 2. The lowest BCUT2D eigenvalue weighted by Gasteiger charge is -2.18. The summed E-state index contributed by atoms with van der Waals surface area (Å²) in [4.78, 5) is 22.6. The predicted molar refractivity (Wildman–Crippen MR) is 49.9 cm³/mol. The highest BCUT2D eigenvalue weighted by molar-refractivity contribution is 6.04. The molecule has 1 fully saturated rings.